The van der Waals surface area contributed by atoms with Crippen LogP contribution in [0.15, 0.2) is 24.3 Å². The Morgan fingerprint density at radius 1 is 1.08 bits per heavy atom. The molecule has 1 amide bonds. The number of carbonyl (C=O) groups excluding carboxylic acids is 2. The third kappa shape index (κ3) is 4.54. The van der Waals surface area contributed by atoms with Gasteiger partial charge in [-0.1, -0.05) is 12.1 Å². The maximum atomic E-state index is 13.3. The number of alkyl halides is 6. The Balaban J connectivity index is 3.42. The first kappa shape index (κ1) is 20.6. The molecule has 0 radical (unpaired) electrons. The van der Waals surface area contributed by atoms with E-state index in [4.69, 9.17) is 0 Å². The van der Waals surface area contributed by atoms with Crippen molar-refractivity contribution in [2.45, 2.75) is 31.9 Å². The molecule has 0 unspecified atom stereocenters. The van der Waals surface area contributed by atoms with E-state index in [1.165, 1.54) is 18.3 Å². The molecule has 2 N–H and O–H groups in total. The normalized spacial score (nSPS) is 12.5. The predicted octanol–water partition coefficient (Wildman–Crippen LogP) is 3.87. The first-order valence-corrected chi connectivity index (χ1v) is 6.81. The van der Waals surface area contributed by atoms with E-state index in [1.807, 2.05) is 0 Å². The number of rotatable bonds is 5. The first-order valence-electron chi connectivity index (χ1n) is 6.81. The molecule has 0 bridgehead atoms. The molecule has 0 atom stereocenters. The van der Waals surface area contributed by atoms with Crippen molar-refractivity contribution in [2.24, 2.45) is 0 Å². The van der Waals surface area contributed by atoms with E-state index in [9.17, 15) is 35.9 Å². The maximum absolute atomic E-state index is 13.3. The molecule has 1 rings (SSSR count). The van der Waals surface area contributed by atoms with Gasteiger partial charge in [-0.25, -0.2) is 4.79 Å². The molecular weight excluding hydrogens is 358 g/mol. The van der Waals surface area contributed by atoms with Crippen LogP contribution >= 0.6 is 0 Å². The number of alkyl carbamates (subject to hydrolysis) is 1. The molecule has 0 saturated carbocycles. The van der Waals surface area contributed by atoms with E-state index >= 15 is 0 Å². The van der Waals surface area contributed by atoms with Gasteiger partial charge in [0.2, 0.25) is 0 Å². The molecule has 0 spiro atoms. The zero-order valence-electron chi connectivity index (χ0n) is 13.0. The number of halogens is 6. The van der Waals surface area contributed by atoms with Crippen molar-refractivity contribution in [3.63, 3.8) is 0 Å². The van der Waals surface area contributed by atoms with Gasteiger partial charge in [-0.05, 0) is 26.0 Å². The van der Waals surface area contributed by atoms with Crippen molar-refractivity contribution in [1.82, 2.24) is 5.32 Å². The second-order valence-corrected chi connectivity index (χ2v) is 4.85. The molecule has 1 aromatic rings. The highest BCUT2D eigenvalue weighted by molar-refractivity contribution is 5.95. The minimum Gasteiger partial charge on any atom is -0.450 e. The minimum absolute atomic E-state index is 0.112. The topological polar surface area (TPSA) is 67.4 Å². The molecule has 0 aliphatic carbocycles. The van der Waals surface area contributed by atoms with Crippen LogP contribution in [0, 0.1) is 0 Å². The average Bonchev–Trinajstić information content (AvgIpc) is 2.44. The fourth-order valence-electron chi connectivity index (χ4n) is 1.83. The van der Waals surface area contributed by atoms with Gasteiger partial charge in [0.25, 0.3) is 0 Å². The van der Waals surface area contributed by atoms with Crippen LogP contribution in [0.4, 0.5) is 36.8 Å². The molecule has 0 fully saturated rings. The van der Waals surface area contributed by atoms with Crippen LogP contribution < -0.4 is 10.6 Å². The smallest absolute Gasteiger partial charge is 0.439 e. The van der Waals surface area contributed by atoms with E-state index in [0.29, 0.717) is 0 Å². The first-order chi connectivity index (χ1) is 11.3. The molecule has 25 heavy (non-hydrogen) atoms. The van der Waals surface area contributed by atoms with Crippen molar-refractivity contribution in [2.75, 3.05) is 11.9 Å². The molecular formula is C14H14F6N2O3. The van der Waals surface area contributed by atoms with Gasteiger partial charge in [0.05, 0.1) is 6.61 Å². The molecule has 0 aliphatic rings. The number of Topliss-reactive ketones (excluding diaryl/α,β-unsaturated/α-hetero) is 1. The Hall–Kier alpha value is -2.46. The largest absolute Gasteiger partial charge is 0.450 e. The molecule has 11 heteroatoms. The standard InChI is InChI=1S/C14H14F6N2O3/c1-3-25-11(24)22-12(13(15,16)17,14(18,19)20)21-10-6-4-5-9(7-10)8(2)23/h4-7,21H,3H2,1-2H3,(H,22,24). The Morgan fingerprint density at radius 3 is 2.08 bits per heavy atom. The average molecular weight is 372 g/mol. The van der Waals surface area contributed by atoms with Crippen molar-refractivity contribution < 1.29 is 40.7 Å². The molecule has 0 aromatic heterocycles. The third-order valence-electron chi connectivity index (χ3n) is 3.02. The summed E-state index contributed by atoms with van der Waals surface area (Å²) in [5.41, 5.74) is -5.58. The van der Waals surface area contributed by atoms with Crippen LogP contribution in [0.25, 0.3) is 0 Å². The summed E-state index contributed by atoms with van der Waals surface area (Å²) in [6.45, 7) is 1.88. The molecule has 0 saturated heterocycles. The van der Waals surface area contributed by atoms with Gasteiger partial charge in [0.15, 0.2) is 5.78 Å². The molecule has 140 valence electrons. The predicted molar refractivity (Wildman–Crippen MR) is 75.1 cm³/mol. The number of ketones is 1. The Labute approximate surface area is 138 Å². The maximum Gasteiger partial charge on any atom is 0.439 e. The van der Waals surface area contributed by atoms with E-state index in [1.54, 1.807) is 0 Å². The van der Waals surface area contributed by atoms with Crippen LogP contribution in [-0.4, -0.2) is 36.5 Å². The lowest BCUT2D eigenvalue weighted by molar-refractivity contribution is -0.294. The zero-order valence-corrected chi connectivity index (χ0v) is 13.0. The lowest BCUT2D eigenvalue weighted by atomic mass is 10.1. The van der Waals surface area contributed by atoms with Crippen molar-refractivity contribution in [1.29, 1.82) is 0 Å². The van der Waals surface area contributed by atoms with Gasteiger partial charge in [0.1, 0.15) is 0 Å². The van der Waals surface area contributed by atoms with Gasteiger partial charge in [-0.2, -0.15) is 26.3 Å². The summed E-state index contributed by atoms with van der Waals surface area (Å²) < 4.78 is 83.9. The Morgan fingerprint density at radius 2 is 1.64 bits per heavy atom. The molecule has 5 nitrogen and oxygen atoms in total. The van der Waals surface area contributed by atoms with Crippen molar-refractivity contribution in [3.8, 4) is 0 Å². The summed E-state index contributed by atoms with van der Waals surface area (Å²) in [5, 5.41) is 2.04. The van der Waals surface area contributed by atoms with E-state index in [0.717, 1.165) is 30.4 Å². The molecule has 1 aromatic carbocycles. The summed E-state index contributed by atoms with van der Waals surface area (Å²) in [4.78, 5) is 22.5. The number of ether oxygens (including phenoxy) is 1. The number of hydrogen-bond donors (Lipinski definition) is 2. The summed E-state index contributed by atoms with van der Waals surface area (Å²) >= 11 is 0. The van der Waals surface area contributed by atoms with Crippen LogP contribution in [-0.2, 0) is 4.74 Å². The van der Waals surface area contributed by atoms with Gasteiger partial charge >= 0.3 is 24.1 Å². The fourth-order valence-corrected chi connectivity index (χ4v) is 1.83. The number of carbonyl (C=O) groups is 2. The highest BCUT2D eigenvalue weighted by Crippen LogP contribution is 2.43. The van der Waals surface area contributed by atoms with Gasteiger partial charge in [-0.15, -0.1) is 0 Å². The van der Waals surface area contributed by atoms with Crippen LogP contribution in [0.2, 0.25) is 0 Å². The van der Waals surface area contributed by atoms with E-state index < -0.39 is 42.2 Å². The van der Waals surface area contributed by atoms with Crippen LogP contribution in [0.1, 0.15) is 24.2 Å². The SMILES string of the molecule is CCOC(=O)NC(Nc1cccc(C(C)=O)c1)(C(F)(F)F)C(F)(F)F. The number of hydrogen-bond acceptors (Lipinski definition) is 4. The lowest BCUT2D eigenvalue weighted by Gasteiger charge is -2.38. The third-order valence-corrected chi connectivity index (χ3v) is 3.02. The monoisotopic (exact) mass is 372 g/mol. The fraction of sp³-hybridized carbons (Fsp3) is 0.429. The number of amides is 1. The van der Waals surface area contributed by atoms with Crippen molar-refractivity contribution >= 4 is 17.6 Å². The van der Waals surface area contributed by atoms with Gasteiger partial charge in [-0.3, -0.25) is 10.1 Å². The zero-order chi connectivity index (χ0) is 19.5. The minimum atomic E-state index is -5.97. The highest BCUT2D eigenvalue weighted by atomic mass is 19.4. The number of anilines is 1. The summed E-state index contributed by atoms with van der Waals surface area (Å²) in [6.07, 6.45) is -13.8. The second kappa shape index (κ2) is 7.19. The summed E-state index contributed by atoms with van der Waals surface area (Å²) in [5.74, 6) is -0.563. The van der Waals surface area contributed by atoms with Crippen LogP contribution in [0.5, 0.6) is 0 Å². The number of nitrogens with one attached hydrogen (secondary N) is 2. The quantitative estimate of drug-likeness (QED) is 0.468. The Kier molecular flexibility index (Phi) is 5.92. The number of benzene rings is 1. The van der Waals surface area contributed by atoms with E-state index in [-0.39, 0.29) is 5.56 Å². The Bertz CT molecular complexity index is 628. The highest BCUT2D eigenvalue weighted by Gasteiger charge is 2.73. The van der Waals surface area contributed by atoms with Gasteiger partial charge in [0, 0.05) is 11.3 Å². The van der Waals surface area contributed by atoms with Crippen LogP contribution in [0.3, 0.4) is 0 Å². The second-order valence-electron chi connectivity index (χ2n) is 4.85. The van der Waals surface area contributed by atoms with Gasteiger partial charge < -0.3 is 10.1 Å². The molecule has 0 aliphatic heterocycles. The molecule has 0 heterocycles. The van der Waals surface area contributed by atoms with E-state index in [2.05, 4.69) is 4.74 Å². The summed E-state index contributed by atoms with van der Waals surface area (Å²) in [6, 6.07) is 4.02. The lowest BCUT2D eigenvalue weighted by Crippen LogP contribution is -2.72. The van der Waals surface area contributed by atoms with Crippen molar-refractivity contribution in [3.05, 3.63) is 29.8 Å². The summed E-state index contributed by atoms with van der Waals surface area (Å²) in [7, 11) is 0.